The van der Waals surface area contributed by atoms with Crippen molar-refractivity contribution >= 4 is 5.97 Å². The fraction of sp³-hybridized carbons (Fsp3) is 0.231. The Morgan fingerprint density at radius 3 is 2.67 bits per heavy atom. The maximum Gasteiger partial charge on any atom is 0.419 e. The van der Waals surface area contributed by atoms with Crippen LogP contribution in [0.5, 0.6) is 5.75 Å². The molecule has 21 heavy (non-hydrogen) atoms. The number of ether oxygens (including phenoxy) is 1. The molecule has 2 aromatic rings. The van der Waals surface area contributed by atoms with Gasteiger partial charge in [-0.2, -0.15) is 18.3 Å². The van der Waals surface area contributed by atoms with Gasteiger partial charge in [-0.3, -0.25) is 4.68 Å². The van der Waals surface area contributed by atoms with Gasteiger partial charge in [0.1, 0.15) is 11.3 Å². The molecule has 0 amide bonds. The van der Waals surface area contributed by atoms with Crippen molar-refractivity contribution in [2.75, 3.05) is 7.11 Å². The van der Waals surface area contributed by atoms with E-state index in [-0.39, 0.29) is 17.9 Å². The van der Waals surface area contributed by atoms with E-state index in [4.69, 9.17) is 9.84 Å². The van der Waals surface area contributed by atoms with E-state index >= 15 is 0 Å². The number of nitrogens with zero attached hydrogens (tertiary/aromatic N) is 2. The maximum absolute atomic E-state index is 12.5. The molecule has 1 aromatic heterocycles. The molecule has 112 valence electrons. The predicted molar refractivity (Wildman–Crippen MR) is 66.3 cm³/mol. The van der Waals surface area contributed by atoms with Crippen molar-refractivity contribution in [1.82, 2.24) is 9.78 Å². The topological polar surface area (TPSA) is 64.4 Å². The van der Waals surface area contributed by atoms with Crippen molar-refractivity contribution in [1.29, 1.82) is 0 Å². The van der Waals surface area contributed by atoms with Crippen molar-refractivity contribution < 1.29 is 27.8 Å². The normalized spacial score (nSPS) is 11.4. The van der Waals surface area contributed by atoms with E-state index in [9.17, 15) is 18.0 Å². The largest absolute Gasteiger partial charge is 0.496 e. The summed E-state index contributed by atoms with van der Waals surface area (Å²) in [5, 5.41) is 12.7. The molecule has 0 atom stereocenters. The Bertz CT molecular complexity index is 665. The van der Waals surface area contributed by atoms with E-state index in [2.05, 4.69) is 5.10 Å². The molecule has 1 N–H and O–H groups in total. The van der Waals surface area contributed by atoms with Gasteiger partial charge >= 0.3 is 12.1 Å². The summed E-state index contributed by atoms with van der Waals surface area (Å²) in [4.78, 5) is 11.1. The van der Waals surface area contributed by atoms with Gasteiger partial charge < -0.3 is 9.84 Å². The Morgan fingerprint density at radius 1 is 1.43 bits per heavy atom. The zero-order valence-electron chi connectivity index (χ0n) is 10.9. The van der Waals surface area contributed by atoms with Crippen LogP contribution >= 0.6 is 0 Å². The third-order valence-electron chi connectivity index (χ3n) is 2.80. The van der Waals surface area contributed by atoms with Crippen molar-refractivity contribution in [2.24, 2.45) is 0 Å². The lowest BCUT2D eigenvalue weighted by Gasteiger charge is -2.08. The fourth-order valence-corrected chi connectivity index (χ4v) is 1.80. The zero-order valence-corrected chi connectivity index (χ0v) is 10.9. The lowest BCUT2D eigenvalue weighted by Crippen LogP contribution is -2.06. The maximum atomic E-state index is 12.5. The summed E-state index contributed by atoms with van der Waals surface area (Å²) < 4.78 is 43.4. The predicted octanol–water partition coefficient (Wildman–Crippen LogP) is 2.66. The summed E-state index contributed by atoms with van der Waals surface area (Å²) in [7, 11) is 1.34. The Morgan fingerprint density at radius 2 is 2.14 bits per heavy atom. The van der Waals surface area contributed by atoms with Crippen LogP contribution in [-0.2, 0) is 12.7 Å². The quantitative estimate of drug-likeness (QED) is 0.943. The van der Waals surface area contributed by atoms with E-state index in [1.54, 1.807) is 6.07 Å². The fourth-order valence-electron chi connectivity index (χ4n) is 1.80. The second-order valence-electron chi connectivity index (χ2n) is 4.26. The molecule has 8 heteroatoms. The average Bonchev–Trinajstić information content (AvgIpc) is 2.87. The van der Waals surface area contributed by atoms with Gasteiger partial charge in [-0.25, -0.2) is 4.79 Å². The minimum atomic E-state index is -4.45. The summed E-state index contributed by atoms with van der Waals surface area (Å²) >= 11 is 0. The molecule has 0 bridgehead atoms. The van der Waals surface area contributed by atoms with Gasteiger partial charge in [0.25, 0.3) is 0 Å². The zero-order chi connectivity index (χ0) is 15.6. The molecule has 0 aliphatic carbocycles. The minimum Gasteiger partial charge on any atom is -0.496 e. The molecular formula is C13H11F3N2O3. The summed E-state index contributed by atoms with van der Waals surface area (Å²) in [5.74, 6) is -0.993. The Balaban J connectivity index is 2.26. The van der Waals surface area contributed by atoms with E-state index in [1.165, 1.54) is 19.2 Å². The van der Waals surface area contributed by atoms with Crippen LogP contribution in [0.4, 0.5) is 13.2 Å². The van der Waals surface area contributed by atoms with Gasteiger partial charge in [-0.15, -0.1) is 0 Å². The van der Waals surface area contributed by atoms with E-state index in [0.717, 1.165) is 17.1 Å². The highest BCUT2D eigenvalue weighted by Crippen LogP contribution is 2.28. The number of benzene rings is 1. The highest BCUT2D eigenvalue weighted by Gasteiger charge is 2.32. The third-order valence-corrected chi connectivity index (χ3v) is 2.80. The van der Waals surface area contributed by atoms with E-state index in [1.807, 2.05) is 0 Å². The van der Waals surface area contributed by atoms with Crippen molar-refractivity contribution in [2.45, 2.75) is 12.7 Å². The molecule has 2 rings (SSSR count). The van der Waals surface area contributed by atoms with Gasteiger partial charge in [-0.05, 0) is 17.7 Å². The molecule has 0 aliphatic heterocycles. The van der Waals surface area contributed by atoms with Crippen LogP contribution in [0.3, 0.4) is 0 Å². The number of carboxylic acids is 1. The van der Waals surface area contributed by atoms with Crippen LogP contribution in [0, 0.1) is 0 Å². The van der Waals surface area contributed by atoms with Crippen LogP contribution in [0.25, 0.3) is 0 Å². The van der Waals surface area contributed by atoms with Crippen LogP contribution in [-0.4, -0.2) is 28.0 Å². The molecular weight excluding hydrogens is 289 g/mol. The van der Waals surface area contributed by atoms with Crippen LogP contribution < -0.4 is 4.74 Å². The molecule has 0 fully saturated rings. The van der Waals surface area contributed by atoms with Gasteiger partial charge in [0, 0.05) is 6.20 Å². The van der Waals surface area contributed by atoms with Crippen LogP contribution in [0.15, 0.2) is 30.6 Å². The Hall–Kier alpha value is -2.51. The molecule has 0 radical (unpaired) electrons. The number of hydrogen-bond acceptors (Lipinski definition) is 3. The van der Waals surface area contributed by atoms with Gasteiger partial charge in [0.15, 0.2) is 0 Å². The first-order valence-corrected chi connectivity index (χ1v) is 5.81. The van der Waals surface area contributed by atoms with Gasteiger partial charge in [-0.1, -0.05) is 6.07 Å². The highest BCUT2D eigenvalue weighted by molar-refractivity contribution is 5.91. The number of methoxy groups -OCH3 is 1. The second-order valence-corrected chi connectivity index (χ2v) is 4.26. The summed E-state index contributed by atoms with van der Waals surface area (Å²) in [6, 6.07) is 4.36. The number of aromatic nitrogens is 2. The molecule has 1 aromatic carbocycles. The first kappa shape index (κ1) is 14.9. The lowest BCUT2D eigenvalue weighted by atomic mass is 10.1. The van der Waals surface area contributed by atoms with Gasteiger partial charge in [0.2, 0.25) is 0 Å². The van der Waals surface area contributed by atoms with E-state index in [0.29, 0.717) is 5.56 Å². The number of hydrogen-bond donors (Lipinski definition) is 1. The molecule has 5 nitrogen and oxygen atoms in total. The molecule has 0 aliphatic rings. The molecule has 1 heterocycles. The number of carbonyl (C=O) groups is 1. The van der Waals surface area contributed by atoms with Crippen molar-refractivity contribution in [3.63, 3.8) is 0 Å². The number of rotatable bonds is 4. The first-order valence-electron chi connectivity index (χ1n) is 5.81. The third kappa shape index (κ3) is 3.33. The Labute approximate surface area is 117 Å². The molecule has 0 unspecified atom stereocenters. The number of carboxylic acid groups (broad SMARTS) is 1. The smallest absolute Gasteiger partial charge is 0.419 e. The van der Waals surface area contributed by atoms with Crippen LogP contribution in [0.1, 0.15) is 21.5 Å². The summed E-state index contributed by atoms with van der Waals surface area (Å²) in [5.41, 5.74) is -0.405. The molecule has 0 spiro atoms. The Kier molecular flexibility index (Phi) is 3.88. The van der Waals surface area contributed by atoms with Crippen LogP contribution in [0.2, 0.25) is 0 Å². The van der Waals surface area contributed by atoms with Gasteiger partial charge in [0.05, 0.1) is 25.4 Å². The molecule has 0 saturated heterocycles. The highest BCUT2D eigenvalue weighted by atomic mass is 19.4. The summed E-state index contributed by atoms with van der Waals surface area (Å²) in [6.45, 7) is 0.0281. The van der Waals surface area contributed by atoms with Crippen molar-refractivity contribution in [3.05, 3.63) is 47.3 Å². The molecule has 0 saturated carbocycles. The number of halogens is 3. The first-order chi connectivity index (χ1) is 9.81. The monoisotopic (exact) mass is 300 g/mol. The SMILES string of the molecule is COc1ccc(Cn2cc(C(F)(F)F)cn2)cc1C(=O)O. The number of aromatic carboxylic acids is 1. The average molecular weight is 300 g/mol. The summed E-state index contributed by atoms with van der Waals surface area (Å²) in [6.07, 6.45) is -2.86. The minimum absolute atomic E-state index is 0.0281. The second kappa shape index (κ2) is 5.47. The van der Waals surface area contributed by atoms with E-state index < -0.39 is 17.7 Å². The standard InChI is InChI=1S/C13H11F3N2O3/c1-21-11-3-2-8(4-10(11)12(19)20)6-18-7-9(5-17-18)13(14,15)16/h2-5,7H,6H2,1H3,(H,19,20). The van der Waals surface area contributed by atoms with Crippen molar-refractivity contribution in [3.8, 4) is 5.75 Å². The lowest BCUT2D eigenvalue weighted by molar-refractivity contribution is -0.137. The number of alkyl halides is 3.